The number of nitrogens with one attached hydrogen (secondary N) is 1. The van der Waals surface area contributed by atoms with Gasteiger partial charge in [0.2, 0.25) is 5.91 Å². The van der Waals surface area contributed by atoms with Crippen molar-refractivity contribution in [2.45, 2.75) is 19.5 Å². The number of benzene rings is 2. The summed E-state index contributed by atoms with van der Waals surface area (Å²) >= 11 is 0. The Morgan fingerprint density at radius 1 is 1.07 bits per heavy atom. The number of hydrogen-bond donors (Lipinski definition) is 1. The zero-order chi connectivity index (χ0) is 19.9. The van der Waals surface area contributed by atoms with E-state index in [1.807, 2.05) is 24.3 Å². The molecule has 2 aromatic carbocycles. The van der Waals surface area contributed by atoms with Crippen LogP contribution in [-0.2, 0) is 17.9 Å². The maximum absolute atomic E-state index is 13.0. The van der Waals surface area contributed by atoms with E-state index in [1.54, 1.807) is 26.4 Å². The third kappa shape index (κ3) is 5.10. The van der Waals surface area contributed by atoms with Gasteiger partial charge < -0.3 is 14.8 Å². The first-order chi connectivity index (χ1) is 13.6. The lowest BCUT2D eigenvalue weighted by Crippen LogP contribution is -2.33. The second kappa shape index (κ2) is 9.37. The molecule has 28 heavy (non-hydrogen) atoms. The topological polar surface area (TPSA) is 50.8 Å². The second-order valence-corrected chi connectivity index (χ2v) is 6.71. The minimum Gasteiger partial charge on any atom is -0.493 e. The van der Waals surface area contributed by atoms with E-state index in [2.05, 4.69) is 10.2 Å². The van der Waals surface area contributed by atoms with Crippen molar-refractivity contribution in [1.82, 2.24) is 10.2 Å². The van der Waals surface area contributed by atoms with E-state index >= 15 is 0 Å². The summed E-state index contributed by atoms with van der Waals surface area (Å²) in [4.78, 5) is 14.7. The molecule has 1 amide bonds. The molecule has 0 bridgehead atoms. The fourth-order valence-electron chi connectivity index (χ4n) is 3.20. The summed E-state index contributed by atoms with van der Waals surface area (Å²) in [6.07, 6.45) is 2.66. The summed E-state index contributed by atoms with van der Waals surface area (Å²) in [6.45, 7) is 2.68. The van der Waals surface area contributed by atoms with Gasteiger partial charge in [-0.1, -0.05) is 24.3 Å². The molecule has 2 aromatic rings. The molecule has 1 aliphatic heterocycles. The van der Waals surface area contributed by atoms with Crippen LogP contribution in [-0.4, -0.2) is 38.1 Å². The lowest BCUT2D eigenvalue weighted by atomic mass is 10.1. The molecule has 6 heteroatoms. The molecule has 0 radical (unpaired) electrons. The molecule has 0 unspecified atom stereocenters. The smallest absolute Gasteiger partial charge is 0.247 e. The van der Waals surface area contributed by atoms with Gasteiger partial charge in [0.05, 0.1) is 14.2 Å². The van der Waals surface area contributed by atoms with Crippen molar-refractivity contribution in [3.63, 3.8) is 0 Å². The fourth-order valence-corrected chi connectivity index (χ4v) is 3.20. The number of carbonyl (C=O) groups is 1. The molecule has 148 valence electrons. The predicted molar refractivity (Wildman–Crippen MR) is 106 cm³/mol. The third-order valence-electron chi connectivity index (χ3n) is 4.81. The van der Waals surface area contributed by atoms with Crippen molar-refractivity contribution in [3.8, 4) is 11.5 Å². The molecule has 0 spiro atoms. The van der Waals surface area contributed by atoms with Crippen LogP contribution < -0.4 is 14.8 Å². The van der Waals surface area contributed by atoms with Crippen LogP contribution in [0.4, 0.5) is 4.39 Å². The minimum atomic E-state index is -0.226. The Kier molecular flexibility index (Phi) is 6.66. The minimum absolute atomic E-state index is 0.0452. The number of halogens is 1. The first kappa shape index (κ1) is 19.9. The lowest BCUT2D eigenvalue weighted by molar-refractivity contribution is -0.117. The summed E-state index contributed by atoms with van der Waals surface area (Å²) in [7, 11) is 3.18. The van der Waals surface area contributed by atoms with Gasteiger partial charge in [-0.2, -0.15) is 0 Å². The van der Waals surface area contributed by atoms with E-state index in [0.717, 1.165) is 29.8 Å². The number of hydrogen-bond acceptors (Lipinski definition) is 4. The van der Waals surface area contributed by atoms with Crippen LogP contribution in [0.3, 0.4) is 0 Å². The summed E-state index contributed by atoms with van der Waals surface area (Å²) < 4.78 is 23.5. The maximum atomic E-state index is 13.0. The van der Waals surface area contributed by atoms with Crippen molar-refractivity contribution in [1.29, 1.82) is 0 Å². The van der Waals surface area contributed by atoms with Gasteiger partial charge in [-0.15, -0.1) is 0 Å². The second-order valence-electron chi connectivity index (χ2n) is 6.71. The van der Waals surface area contributed by atoms with Crippen molar-refractivity contribution in [2.24, 2.45) is 0 Å². The summed E-state index contributed by atoms with van der Waals surface area (Å²) in [5.41, 5.74) is 2.81. The van der Waals surface area contributed by atoms with Crippen LogP contribution in [0.1, 0.15) is 17.5 Å². The first-order valence-corrected chi connectivity index (χ1v) is 9.24. The number of amides is 1. The molecule has 1 N–H and O–H groups in total. The molecule has 0 atom stereocenters. The van der Waals surface area contributed by atoms with Gasteiger partial charge in [0.1, 0.15) is 5.82 Å². The summed E-state index contributed by atoms with van der Waals surface area (Å²) in [6, 6.07) is 12.1. The van der Waals surface area contributed by atoms with Gasteiger partial charge in [0, 0.05) is 31.8 Å². The van der Waals surface area contributed by atoms with Gasteiger partial charge in [0.15, 0.2) is 11.5 Å². The highest BCUT2D eigenvalue weighted by atomic mass is 19.1. The Hall–Kier alpha value is -2.86. The molecule has 0 saturated carbocycles. The van der Waals surface area contributed by atoms with Crippen molar-refractivity contribution in [3.05, 3.63) is 71.1 Å². The van der Waals surface area contributed by atoms with E-state index in [0.29, 0.717) is 31.0 Å². The van der Waals surface area contributed by atoms with Crippen molar-refractivity contribution >= 4 is 5.91 Å². The van der Waals surface area contributed by atoms with Gasteiger partial charge in [-0.05, 0) is 41.8 Å². The maximum Gasteiger partial charge on any atom is 0.247 e. The molecule has 3 rings (SSSR count). The largest absolute Gasteiger partial charge is 0.493 e. The van der Waals surface area contributed by atoms with Crippen molar-refractivity contribution in [2.75, 3.05) is 27.3 Å². The summed E-state index contributed by atoms with van der Waals surface area (Å²) in [5, 5.41) is 2.96. The molecule has 5 nitrogen and oxygen atoms in total. The number of carbonyl (C=O) groups excluding carboxylic acids is 1. The number of ether oxygens (including phenoxy) is 2. The van der Waals surface area contributed by atoms with Crippen LogP contribution in [0.2, 0.25) is 0 Å². The molecule has 0 saturated heterocycles. The van der Waals surface area contributed by atoms with Gasteiger partial charge in [0.25, 0.3) is 0 Å². The molecular formula is C22H25FN2O3. The Bertz CT molecular complexity index is 849. The zero-order valence-electron chi connectivity index (χ0n) is 16.2. The quantitative estimate of drug-likeness (QED) is 0.796. The van der Waals surface area contributed by atoms with Crippen LogP contribution >= 0.6 is 0 Å². The number of methoxy groups -OCH3 is 2. The van der Waals surface area contributed by atoms with E-state index in [4.69, 9.17) is 9.47 Å². The average Bonchev–Trinajstić information content (AvgIpc) is 2.74. The number of rotatable bonds is 7. The SMILES string of the molecule is COc1ccc(CNC(=O)C2=CCN(Cc3ccc(F)cc3)CC2)cc1OC. The van der Waals surface area contributed by atoms with E-state index in [1.165, 1.54) is 12.1 Å². The molecule has 1 heterocycles. The van der Waals surface area contributed by atoms with Crippen LogP contribution in [0, 0.1) is 5.82 Å². The Morgan fingerprint density at radius 3 is 2.43 bits per heavy atom. The number of nitrogens with zero attached hydrogens (tertiary/aromatic N) is 1. The molecule has 0 aliphatic carbocycles. The van der Waals surface area contributed by atoms with Crippen LogP contribution in [0.25, 0.3) is 0 Å². The average molecular weight is 384 g/mol. The highest BCUT2D eigenvalue weighted by Crippen LogP contribution is 2.27. The Balaban J connectivity index is 1.51. The fraction of sp³-hybridized carbons (Fsp3) is 0.318. The third-order valence-corrected chi connectivity index (χ3v) is 4.81. The standard InChI is InChI=1S/C22H25FN2O3/c1-27-20-8-5-17(13-21(20)28-2)14-24-22(26)18-9-11-25(12-10-18)15-16-3-6-19(23)7-4-16/h3-9,13H,10-12,14-15H2,1-2H3,(H,24,26). The molecule has 0 fully saturated rings. The van der Waals surface area contributed by atoms with Crippen LogP contribution in [0.15, 0.2) is 54.1 Å². The van der Waals surface area contributed by atoms with E-state index < -0.39 is 0 Å². The molecule has 1 aliphatic rings. The zero-order valence-corrected chi connectivity index (χ0v) is 16.2. The van der Waals surface area contributed by atoms with E-state index in [-0.39, 0.29) is 11.7 Å². The van der Waals surface area contributed by atoms with Gasteiger partial charge in [-0.3, -0.25) is 9.69 Å². The highest BCUT2D eigenvalue weighted by molar-refractivity contribution is 5.93. The monoisotopic (exact) mass is 384 g/mol. The normalized spacial score (nSPS) is 14.3. The molecule has 0 aromatic heterocycles. The lowest BCUT2D eigenvalue weighted by Gasteiger charge is -2.26. The predicted octanol–water partition coefficient (Wildman–Crippen LogP) is 3.29. The van der Waals surface area contributed by atoms with Gasteiger partial charge >= 0.3 is 0 Å². The first-order valence-electron chi connectivity index (χ1n) is 9.24. The van der Waals surface area contributed by atoms with Crippen molar-refractivity contribution < 1.29 is 18.7 Å². The van der Waals surface area contributed by atoms with Crippen LogP contribution in [0.5, 0.6) is 11.5 Å². The van der Waals surface area contributed by atoms with Gasteiger partial charge in [-0.25, -0.2) is 4.39 Å². The van der Waals surface area contributed by atoms with E-state index in [9.17, 15) is 9.18 Å². The Morgan fingerprint density at radius 2 is 1.79 bits per heavy atom. The Labute approximate surface area is 164 Å². The molecular weight excluding hydrogens is 359 g/mol. The highest BCUT2D eigenvalue weighted by Gasteiger charge is 2.17. The summed E-state index contributed by atoms with van der Waals surface area (Å²) in [5.74, 6) is 1.03.